The zero-order valence-electron chi connectivity index (χ0n) is 16.0. The van der Waals surface area contributed by atoms with Gasteiger partial charge >= 0.3 is 0 Å². The lowest BCUT2D eigenvalue weighted by Crippen LogP contribution is -2.38. The number of aliphatic hydroxyl groups excluding tert-OH is 1. The Balaban J connectivity index is 1.77. The zero-order chi connectivity index (χ0) is 19.1. The van der Waals surface area contributed by atoms with Gasteiger partial charge in [0.05, 0.1) is 17.0 Å². The van der Waals surface area contributed by atoms with Crippen LogP contribution in [0.4, 0.5) is 0 Å². The van der Waals surface area contributed by atoms with Crippen LogP contribution in [0.25, 0.3) is 4.96 Å². The van der Waals surface area contributed by atoms with Gasteiger partial charge < -0.3 is 10.2 Å². The van der Waals surface area contributed by atoms with E-state index in [9.17, 15) is 10.2 Å². The van der Waals surface area contributed by atoms with E-state index in [1.807, 2.05) is 6.92 Å². The Morgan fingerprint density at radius 1 is 1.11 bits per heavy atom. The number of hydrogen-bond donors (Lipinski definition) is 2. The molecule has 4 rings (SSSR count). The van der Waals surface area contributed by atoms with Crippen LogP contribution in [-0.4, -0.2) is 48.9 Å². The summed E-state index contributed by atoms with van der Waals surface area (Å²) in [6, 6.07) is 8.60. The van der Waals surface area contributed by atoms with E-state index in [1.54, 1.807) is 0 Å². The maximum atomic E-state index is 10.9. The minimum atomic E-state index is -0.233. The van der Waals surface area contributed by atoms with Crippen molar-refractivity contribution >= 4 is 16.3 Å². The fraction of sp³-hybridized carbons (Fsp3) is 0.500. The van der Waals surface area contributed by atoms with E-state index in [1.165, 1.54) is 21.4 Å². The summed E-state index contributed by atoms with van der Waals surface area (Å²) in [7, 11) is 0. The lowest BCUT2D eigenvalue weighted by molar-refractivity contribution is 0.0689. The molecule has 3 aromatic rings. The molecule has 0 aliphatic carbocycles. The molecule has 0 spiro atoms. The van der Waals surface area contributed by atoms with Gasteiger partial charge in [-0.25, -0.2) is 4.98 Å². The molecule has 1 saturated heterocycles. The van der Waals surface area contributed by atoms with Crippen LogP contribution in [0.3, 0.4) is 0 Å². The predicted molar refractivity (Wildman–Crippen MR) is 106 cm³/mol. The summed E-state index contributed by atoms with van der Waals surface area (Å²) in [4.78, 5) is 8.33. The van der Waals surface area contributed by atoms with E-state index >= 15 is 0 Å². The van der Waals surface area contributed by atoms with Gasteiger partial charge in [0, 0.05) is 13.1 Å². The smallest absolute Gasteiger partial charge is 0.230 e. The van der Waals surface area contributed by atoms with Crippen molar-refractivity contribution in [3.63, 3.8) is 0 Å². The first-order chi connectivity index (χ1) is 12.9. The molecule has 1 aliphatic rings. The Labute approximate surface area is 163 Å². The molecule has 0 bridgehead atoms. The van der Waals surface area contributed by atoms with Crippen molar-refractivity contribution in [1.82, 2.24) is 19.5 Å². The fourth-order valence-electron chi connectivity index (χ4n) is 3.76. The molecule has 1 fully saturated rings. The lowest BCUT2D eigenvalue weighted by atomic mass is 9.96. The quantitative estimate of drug-likeness (QED) is 0.718. The molecule has 1 aromatic carbocycles. The molecular weight excluding hydrogens is 360 g/mol. The molecule has 6 nitrogen and oxygen atoms in total. The van der Waals surface area contributed by atoms with Gasteiger partial charge in [0.25, 0.3) is 0 Å². The highest BCUT2D eigenvalue weighted by atomic mass is 32.1. The molecule has 0 unspecified atom stereocenters. The second-order valence-corrected chi connectivity index (χ2v) is 8.64. The molecule has 0 amide bonds. The van der Waals surface area contributed by atoms with Gasteiger partial charge in [-0.2, -0.15) is 4.52 Å². The number of nitrogens with zero attached hydrogens (tertiary/aromatic N) is 4. The molecule has 2 aromatic heterocycles. The van der Waals surface area contributed by atoms with Crippen LogP contribution in [0.1, 0.15) is 60.5 Å². The van der Waals surface area contributed by atoms with Crippen molar-refractivity contribution in [2.75, 3.05) is 13.1 Å². The average molecular weight is 387 g/mol. The third-order valence-electron chi connectivity index (χ3n) is 5.34. The second-order valence-electron chi connectivity index (χ2n) is 7.63. The maximum Gasteiger partial charge on any atom is 0.230 e. The van der Waals surface area contributed by atoms with Crippen molar-refractivity contribution in [3.8, 4) is 5.88 Å². The monoisotopic (exact) mass is 386 g/mol. The van der Waals surface area contributed by atoms with Crippen LogP contribution in [0.2, 0.25) is 0 Å². The summed E-state index contributed by atoms with van der Waals surface area (Å²) in [5.74, 6) is 1.30. The van der Waals surface area contributed by atoms with Gasteiger partial charge in [-0.1, -0.05) is 49.4 Å². The molecule has 144 valence electrons. The Hall–Kier alpha value is -1.96. The van der Waals surface area contributed by atoms with Crippen LogP contribution in [-0.2, 0) is 0 Å². The van der Waals surface area contributed by atoms with Gasteiger partial charge in [0.2, 0.25) is 10.8 Å². The minimum absolute atomic E-state index is 0.0625. The Morgan fingerprint density at radius 3 is 2.33 bits per heavy atom. The highest BCUT2D eigenvalue weighted by Gasteiger charge is 2.31. The molecule has 0 saturated carbocycles. The summed E-state index contributed by atoms with van der Waals surface area (Å²) in [5.41, 5.74) is 2.45. The first-order valence-electron chi connectivity index (χ1n) is 9.51. The average Bonchev–Trinajstić information content (AvgIpc) is 3.15. The number of aliphatic hydroxyl groups is 1. The summed E-state index contributed by atoms with van der Waals surface area (Å²) in [6.07, 6.45) is 1.27. The first-order valence-corrected chi connectivity index (χ1v) is 10.3. The first kappa shape index (κ1) is 18.4. The SMILES string of the molecule is Cc1nc2sc([C@H](c3ccc(C(C)C)cc3)N3CCC(O)CC3)c(O)n2n1. The lowest BCUT2D eigenvalue weighted by Gasteiger charge is -2.36. The van der Waals surface area contributed by atoms with Crippen molar-refractivity contribution in [2.45, 2.75) is 51.7 Å². The van der Waals surface area contributed by atoms with Gasteiger partial charge in [-0.05, 0) is 36.8 Å². The van der Waals surface area contributed by atoms with Crippen LogP contribution in [0, 0.1) is 6.92 Å². The molecule has 1 aliphatic heterocycles. The number of aromatic nitrogens is 3. The van der Waals surface area contributed by atoms with E-state index in [0.29, 0.717) is 16.7 Å². The van der Waals surface area contributed by atoms with Gasteiger partial charge in [0.15, 0.2) is 0 Å². The zero-order valence-corrected chi connectivity index (χ0v) is 16.8. The van der Waals surface area contributed by atoms with Crippen LogP contribution in [0.5, 0.6) is 5.88 Å². The third-order valence-corrected chi connectivity index (χ3v) is 6.41. The fourth-order valence-corrected chi connectivity index (χ4v) is 4.92. The standard InChI is InChI=1S/C20H26N4O2S/c1-12(2)14-4-6-15(7-5-14)17(23-10-8-16(25)9-11-23)18-19(26)24-20(27-18)21-13(3)22-24/h4-7,12,16-17,25-26H,8-11H2,1-3H3/t17-/m0/s1. The second kappa shape index (κ2) is 7.22. The number of rotatable bonds is 4. The van der Waals surface area contributed by atoms with E-state index in [4.69, 9.17) is 0 Å². The minimum Gasteiger partial charge on any atom is -0.492 e. The van der Waals surface area contributed by atoms with Gasteiger partial charge in [-0.15, -0.1) is 5.10 Å². The van der Waals surface area contributed by atoms with Crippen LogP contribution < -0.4 is 0 Å². The van der Waals surface area contributed by atoms with Crippen molar-refractivity contribution in [2.24, 2.45) is 0 Å². The van der Waals surface area contributed by atoms with E-state index < -0.39 is 0 Å². The topological polar surface area (TPSA) is 73.9 Å². The van der Waals surface area contributed by atoms with Gasteiger partial charge in [0.1, 0.15) is 5.82 Å². The van der Waals surface area contributed by atoms with Crippen molar-refractivity contribution in [1.29, 1.82) is 0 Å². The Bertz CT molecular complexity index is 924. The van der Waals surface area contributed by atoms with Crippen LogP contribution >= 0.6 is 11.3 Å². The van der Waals surface area contributed by atoms with Crippen molar-refractivity contribution < 1.29 is 10.2 Å². The number of benzene rings is 1. The summed E-state index contributed by atoms with van der Waals surface area (Å²) in [5, 5.41) is 25.1. The number of piperidine rings is 1. The highest BCUT2D eigenvalue weighted by molar-refractivity contribution is 7.17. The Kier molecular flexibility index (Phi) is 4.92. The number of aromatic hydroxyl groups is 1. The number of hydrogen-bond acceptors (Lipinski definition) is 6. The summed E-state index contributed by atoms with van der Waals surface area (Å²) in [6.45, 7) is 7.79. The number of thiazole rings is 1. The van der Waals surface area contributed by atoms with E-state index in [-0.39, 0.29) is 18.0 Å². The predicted octanol–water partition coefficient (Wildman–Crippen LogP) is 3.47. The van der Waals surface area contributed by atoms with Crippen molar-refractivity contribution in [3.05, 3.63) is 46.1 Å². The maximum absolute atomic E-state index is 10.9. The third kappa shape index (κ3) is 3.47. The Morgan fingerprint density at radius 2 is 1.74 bits per heavy atom. The summed E-state index contributed by atoms with van der Waals surface area (Å²) < 4.78 is 1.53. The van der Waals surface area contributed by atoms with E-state index in [0.717, 1.165) is 36.4 Å². The molecule has 7 heteroatoms. The van der Waals surface area contributed by atoms with E-state index in [2.05, 4.69) is 53.1 Å². The van der Waals surface area contributed by atoms with Crippen LogP contribution in [0.15, 0.2) is 24.3 Å². The molecule has 0 radical (unpaired) electrons. The highest BCUT2D eigenvalue weighted by Crippen LogP contribution is 2.41. The van der Waals surface area contributed by atoms with Gasteiger partial charge in [-0.3, -0.25) is 4.90 Å². The molecular formula is C20H26N4O2S. The normalized spacial score (nSPS) is 17.8. The number of fused-ring (bicyclic) bond motifs is 1. The molecule has 27 heavy (non-hydrogen) atoms. The molecule has 1 atom stereocenters. The number of aryl methyl sites for hydroxylation is 1. The molecule has 3 heterocycles. The number of likely N-dealkylation sites (tertiary alicyclic amines) is 1. The largest absolute Gasteiger partial charge is 0.492 e. The molecule has 2 N–H and O–H groups in total. The summed E-state index contributed by atoms with van der Waals surface area (Å²) >= 11 is 1.49.